The van der Waals surface area contributed by atoms with E-state index in [1.54, 1.807) is 0 Å². The number of carbonyl (C=O) groups is 2. The Kier molecular flexibility index (Phi) is 7.11. The first kappa shape index (κ1) is 23.0. The predicted octanol–water partition coefficient (Wildman–Crippen LogP) is 5.15. The first-order chi connectivity index (χ1) is 15.9. The Morgan fingerprint density at radius 2 is 1.82 bits per heavy atom. The van der Waals surface area contributed by atoms with Crippen LogP contribution in [0.5, 0.6) is 0 Å². The minimum Gasteiger partial charge on any atom is -0.436 e. The van der Waals surface area contributed by atoms with Gasteiger partial charge in [0, 0.05) is 36.7 Å². The number of oxazole rings is 1. The highest BCUT2D eigenvalue weighted by molar-refractivity contribution is 5.97. The Hall–Kier alpha value is -3.15. The molecule has 1 N–H and O–H groups in total. The fourth-order valence-corrected chi connectivity index (χ4v) is 4.41. The molecule has 6 heteroatoms. The number of carbonyl (C=O) groups excluding carboxylic acids is 2. The van der Waals surface area contributed by atoms with Gasteiger partial charge in [0.15, 0.2) is 5.58 Å². The van der Waals surface area contributed by atoms with Gasteiger partial charge in [0.05, 0.1) is 0 Å². The smallest absolute Gasteiger partial charge is 0.253 e. The van der Waals surface area contributed by atoms with Crippen molar-refractivity contribution in [3.63, 3.8) is 0 Å². The quantitative estimate of drug-likeness (QED) is 0.544. The van der Waals surface area contributed by atoms with E-state index >= 15 is 0 Å². The summed E-state index contributed by atoms with van der Waals surface area (Å²) in [5.41, 5.74) is 2.88. The third-order valence-corrected chi connectivity index (χ3v) is 6.62. The summed E-state index contributed by atoms with van der Waals surface area (Å²) in [6.45, 7) is 8.39. The second-order valence-corrected chi connectivity index (χ2v) is 9.46. The molecule has 1 unspecified atom stereocenters. The van der Waals surface area contributed by atoms with Crippen molar-refractivity contribution in [2.45, 2.75) is 40.0 Å². The van der Waals surface area contributed by atoms with Gasteiger partial charge >= 0.3 is 0 Å². The van der Waals surface area contributed by atoms with Gasteiger partial charge in [0.2, 0.25) is 11.8 Å². The van der Waals surface area contributed by atoms with Gasteiger partial charge in [0.25, 0.3) is 5.91 Å². The average molecular weight is 448 g/mol. The number of piperidine rings is 1. The number of amides is 2. The van der Waals surface area contributed by atoms with Crippen LogP contribution >= 0.6 is 0 Å². The lowest BCUT2D eigenvalue weighted by Gasteiger charge is -2.34. The van der Waals surface area contributed by atoms with Crippen LogP contribution in [0, 0.1) is 17.8 Å². The van der Waals surface area contributed by atoms with E-state index in [4.69, 9.17) is 4.42 Å². The summed E-state index contributed by atoms with van der Waals surface area (Å²) in [6, 6.07) is 15.2. The predicted molar refractivity (Wildman–Crippen MR) is 130 cm³/mol. The van der Waals surface area contributed by atoms with Gasteiger partial charge in [-0.3, -0.25) is 9.59 Å². The maximum Gasteiger partial charge on any atom is 0.253 e. The van der Waals surface area contributed by atoms with Crippen LogP contribution in [0.25, 0.3) is 22.6 Å². The van der Waals surface area contributed by atoms with Crippen molar-refractivity contribution in [3.05, 3.63) is 54.1 Å². The highest BCUT2D eigenvalue weighted by atomic mass is 16.3. The van der Waals surface area contributed by atoms with E-state index in [0.717, 1.165) is 31.4 Å². The molecule has 0 aliphatic carbocycles. The Morgan fingerprint density at radius 3 is 2.52 bits per heavy atom. The largest absolute Gasteiger partial charge is 0.436 e. The number of rotatable bonds is 7. The van der Waals surface area contributed by atoms with Crippen LogP contribution in [0.3, 0.4) is 0 Å². The lowest BCUT2D eigenvalue weighted by atomic mass is 9.84. The molecule has 1 atom stereocenters. The molecule has 0 bridgehead atoms. The van der Waals surface area contributed by atoms with E-state index in [2.05, 4.69) is 24.1 Å². The normalized spacial score (nSPS) is 15.7. The zero-order chi connectivity index (χ0) is 23.4. The van der Waals surface area contributed by atoms with E-state index in [9.17, 15) is 9.59 Å². The minimum absolute atomic E-state index is 0.00801. The van der Waals surface area contributed by atoms with Crippen molar-refractivity contribution in [2.24, 2.45) is 17.8 Å². The Bertz CT molecular complexity index is 1100. The molecule has 1 saturated heterocycles. The third kappa shape index (κ3) is 5.44. The van der Waals surface area contributed by atoms with Gasteiger partial charge in [-0.1, -0.05) is 39.0 Å². The summed E-state index contributed by atoms with van der Waals surface area (Å²) < 4.78 is 5.86. The van der Waals surface area contributed by atoms with Crippen molar-refractivity contribution in [1.82, 2.24) is 15.2 Å². The monoisotopic (exact) mass is 447 g/mol. The Labute approximate surface area is 195 Å². The van der Waals surface area contributed by atoms with Crippen LogP contribution in [0.1, 0.15) is 50.4 Å². The molecule has 3 aromatic rings. The molecule has 1 aliphatic heterocycles. The van der Waals surface area contributed by atoms with Crippen LogP contribution < -0.4 is 5.32 Å². The van der Waals surface area contributed by atoms with Gasteiger partial charge in [-0.2, -0.15) is 0 Å². The van der Waals surface area contributed by atoms with Gasteiger partial charge in [-0.05, 0) is 61.4 Å². The Morgan fingerprint density at radius 1 is 1.09 bits per heavy atom. The van der Waals surface area contributed by atoms with E-state index in [1.165, 1.54) is 0 Å². The zero-order valence-corrected chi connectivity index (χ0v) is 19.7. The van der Waals surface area contributed by atoms with Crippen molar-refractivity contribution < 1.29 is 14.0 Å². The number of benzene rings is 2. The molecule has 1 fully saturated rings. The molecule has 174 valence electrons. The summed E-state index contributed by atoms with van der Waals surface area (Å²) in [5.74, 6) is 1.55. The molecule has 2 heterocycles. The molecule has 2 aromatic carbocycles. The number of nitrogens with one attached hydrogen (secondary N) is 1. The average Bonchev–Trinajstić information content (AvgIpc) is 3.27. The molecule has 1 aromatic heterocycles. The van der Waals surface area contributed by atoms with Crippen LogP contribution in [0.4, 0.5) is 0 Å². The number of likely N-dealkylation sites (tertiary alicyclic amines) is 1. The SMILES string of the molecule is CC(C)CCNC(=O)C(C)C1CCN(C(=O)c2ccc3oc(-c4ccccc4)nc3c2)CC1. The fraction of sp³-hybridized carbons (Fsp3) is 0.444. The molecular weight excluding hydrogens is 414 g/mol. The van der Waals surface area contributed by atoms with E-state index in [-0.39, 0.29) is 17.7 Å². The standard InChI is InChI=1S/C27H33N3O3/c1-18(2)11-14-28-25(31)19(3)20-12-15-30(16-13-20)27(32)22-9-10-24-23(17-22)29-26(33-24)21-7-5-4-6-8-21/h4-10,17-20H,11-16H2,1-3H3,(H,28,31). The molecule has 2 amide bonds. The lowest BCUT2D eigenvalue weighted by Crippen LogP contribution is -2.42. The van der Waals surface area contributed by atoms with Gasteiger partial charge in [-0.25, -0.2) is 4.98 Å². The number of aromatic nitrogens is 1. The van der Waals surface area contributed by atoms with Crippen LogP contribution in [-0.2, 0) is 4.79 Å². The molecule has 4 rings (SSSR count). The van der Waals surface area contributed by atoms with Crippen molar-refractivity contribution in [2.75, 3.05) is 19.6 Å². The molecule has 0 spiro atoms. The lowest BCUT2D eigenvalue weighted by molar-refractivity contribution is -0.126. The molecular formula is C27H33N3O3. The van der Waals surface area contributed by atoms with Crippen LogP contribution in [0.2, 0.25) is 0 Å². The van der Waals surface area contributed by atoms with E-state index in [0.29, 0.717) is 47.5 Å². The number of hydrogen-bond donors (Lipinski definition) is 1. The summed E-state index contributed by atoms with van der Waals surface area (Å²) >= 11 is 0. The maximum atomic E-state index is 13.1. The number of nitrogens with zero attached hydrogens (tertiary/aromatic N) is 2. The van der Waals surface area contributed by atoms with Crippen molar-refractivity contribution >= 4 is 22.9 Å². The molecule has 1 aliphatic rings. The summed E-state index contributed by atoms with van der Waals surface area (Å²) in [4.78, 5) is 32.1. The van der Waals surface area contributed by atoms with Gasteiger partial charge < -0.3 is 14.6 Å². The highest BCUT2D eigenvalue weighted by Crippen LogP contribution is 2.28. The highest BCUT2D eigenvalue weighted by Gasteiger charge is 2.30. The Balaban J connectivity index is 1.36. The molecule has 33 heavy (non-hydrogen) atoms. The first-order valence-corrected chi connectivity index (χ1v) is 12.0. The fourth-order valence-electron chi connectivity index (χ4n) is 4.41. The maximum absolute atomic E-state index is 13.1. The van der Waals surface area contributed by atoms with E-state index in [1.807, 2.05) is 60.4 Å². The van der Waals surface area contributed by atoms with Crippen LogP contribution in [0.15, 0.2) is 52.9 Å². The molecule has 0 saturated carbocycles. The van der Waals surface area contributed by atoms with Crippen molar-refractivity contribution in [1.29, 1.82) is 0 Å². The van der Waals surface area contributed by atoms with Crippen molar-refractivity contribution in [3.8, 4) is 11.5 Å². The summed E-state index contributed by atoms with van der Waals surface area (Å²) in [6.07, 6.45) is 2.68. The van der Waals surface area contributed by atoms with Gasteiger partial charge in [0.1, 0.15) is 5.52 Å². The number of fused-ring (bicyclic) bond motifs is 1. The summed E-state index contributed by atoms with van der Waals surface area (Å²) in [7, 11) is 0. The summed E-state index contributed by atoms with van der Waals surface area (Å²) in [5, 5.41) is 3.07. The van der Waals surface area contributed by atoms with Crippen LogP contribution in [-0.4, -0.2) is 41.3 Å². The minimum atomic E-state index is -0.0303. The molecule has 0 radical (unpaired) electrons. The van der Waals surface area contributed by atoms with Gasteiger partial charge in [-0.15, -0.1) is 0 Å². The second-order valence-electron chi connectivity index (χ2n) is 9.46. The molecule has 6 nitrogen and oxygen atoms in total. The first-order valence-electron chi connectivity index (χ1n) is 12.0. The number of hydrogen-bond acceptors (Lipinski definition) is 4. The zero-order valence-electron chi connectivity index (χ0n) is 19.7. The second kappa shape index (κ2) is 10.2. The van der Waals surface area contributed by atoms with E-state index < -0.39 is 0 Å². The topological polar surface area (TPSA) is 75.4 Å². The third-order valence-electron chi connectivity index (χ3n) is 6.62.